The van der Waals surface area contributed by atoms with Crippen LogP contribution in [0, 0.1) is 0 Å². The molecule has 0 radical (unpaired) electrons. The van der Waals surface area contributed by atoms with Crippen LogP contribution in [0.3, 0.4) is 0 Å². The maximum atomic E-state index is 12.5. The average Bonchev–Trinajstić information content (AvgIpc) is 2.06. The zero-order chi connectivity index (χ0) is 10.2. The lowest BCUT2D eigenvalue weighted by Crippen LogP contribution is -2.44. The molecule has 1 aliphatic rings. The molecule has 0 amide bonds. The predicted octanol–water partition coefficient (Wildman–Crippen LogP) is 2.94. The Bertz CT molecular complexity index is 318. The molecule has 1 aromatic rings. The van der Waals surface area contributed by atoms with Crippen molar-refractivity contribution in [1.82, 2.24) is 4.98 Å². The highest BCUT2D eigenvalue weighted by atomic mass is 35.5. The summed E-state index contributed by atoms with van der Waals surface area (Å²) in [5, 5.41) is 3.36. The molecule has 1 aliphatic carbocycles. The normalized spacial score (nSPS) is 20.2. The van der Waals surface area contributed by atoms with Crippen LogP contribution in [-0.4, -0.2) is 16.9 Å². The first kappa shape index (κ1) is 9.65. The van der Waals surface area contributed by atoms with Gasteiger partial charge in [0.1, 0.15) is 5.15 Å². The molecule has 0 unspecified atom stereocenters. The van der Waals surface area contributed by atoms with Gasteiger partial charge in [-0.3, -0.25) is 0 Å². The summed E-state index contributed by atoms with van der Waals surface area (Å²) in [6, 6.07) is 3.21. The fourth-order valence-corrected chi connectivity index (χ4v) is 1.57. The molecular formula is C9H9ClF2N2. The zero-order valence-corrected chi connectivity index (χ0v) is 8.06. The minimum atomic E-state index is -2.49. The monoisotopic (exact) mass is 218 g/mol. The van der Waals surface area contributed by atoms with E-state index in [4.69, 9.17) is 11.6 Å². The van der Waals surface area contributed by atoms with Crippen molar-refractivity contribution in [3.63, 3.8) is 0 Å². The fourth-order valence-electron chi connectivity index (χ4n) is 1.46. The molecule has 0 spiro atoms. The molecule has 14 heavy (non-hydrogen) atoms. The first-order valence-electron chi connectivity index (χ1n) is 4.31. The highest BCUT2D eigenvalue weighted by Crippen LogP contribution is 2.38. The Kier molecular flexibility index (Phi) is 2.31. The Hall–Kier alpha value is -0.900. The van der Waals surface area contributed by atoms with E-state index in [0.29, 0.717) is 5.15 Å². The third-order valence-corrected chi connectivity index (χ3v) is 2.41. The summed E-state index contributed by atoms with van der Waals surface area (Å²) in [5.41, 5.74) is 0.731. The Balaban J connectivity index is 1.90. The molecule has 1 aromatic heterocycles. The van der Waals surface area contributed by atoms with Gasteiger partial charge in [0.25, 0.3) is 5.92 Å². The van der Waals surface area contributed by atoms with Gasteiger partial charge in [-0.2, -0.15) is 0 Å². The maximum Gasteiger partial charge on any atom is 0.252 e. The van der Waals surface area contributed by atoms with Gasteiger partial charge in [-0.05, 0) is 12.1 Å². The van der Waals surface area contributed by atoms with E-state index in [-0.39, 0.29) is 18.9 Å². The van der Waals surface area contributed by atoms with Crippen LogP contribution in [-0.2, 0) is 0 Å². The van der Waals surface area contributed by atoms with Crippen LogP contribution in [0.15, 0.2) is 18.3 Å². The summed E-state index contributed by atoms with van der Waals surface area (Å²) in [6.07, 6.45) is 1.34. The number of alkyl halides is 2. The number of nitrogens with zero attached hydrogens (tertiary/aromatic N) is 1. The predicted molar refractivity (Wildman–Crippen MR) is 50.8 cm³/mol. The van der Waals surface area contributed by atoms with Gasteiger partial charge in [0.05, 0.1) is 11.9 Å². The van der Waals surface area contributed by atoms with Gasteiger partial charge >= 0.3 is 0 Å². The summed E-state index contributed by atoms with van der Waals surface area (Å²) in [5.74, 6) is -2.49. The molecule has 1 fully saturated rings. The molecule has 5 heteroatoms. The number of halogens is 3. The highest BCUT2D eigenvalue weighted by molar-refractivity contribution is 6.29. The Morgan fingerprint density at radius 3 is 2.64 bits per heavy atom. The van der Waals surface area contributed by atoms with Gasteiger partial charge < -0.3 is 5.32 Å². The van der Waals surface area contributed by atoms with Gasteiger partial charge in [-0.1, -0.05) is 11.6 Å². The first-order chi connectivity index (χ1) is 6.55. The molecule has 2 rings (SSSR count). The number of pyridine rings is 1. The molecule has 1 heterocycles. The summed E-state index contributed by atoms with van der Waals surface area (Å²) in [4.78, 5) is 3.84. The Morgan fingerprint density at radius 1 is 1.43 bits per heavy atom. The molecule has 0 atom stereocenters. The summed E-state index contributed by atoms with van der Waals surface area (Å²) < 4.78 is 25.0. The van der Waals surface area contributed by atoms with Gasteiger partial charge in [-0.25, -0.2) is 13.8 Å². The summed E-state index contributed by atoms with van der Waals surface area (Å²) >= 11 is 5.58. The molecule has 1 saturated carbocycles. The van der Waals surface area contributed by atoms with Crippen LogP contribution in [0.5, 0.6) is 0 Å². The Labute approximate surface area is 85.3 Å². The second-order valence-electron chi connectivity index (χ2n) is 3.48. The van der Waals surface area contributed by atoms with Crippen molar-refractivity contribution in [2.75, 3.05) is 5.32 Å². The van der Waals surface area contributed by atoms with E-state index in [1.54, 1.807) is 18.3 Å². The fraction of sp³-hybridized carbons (Fsp3) is 0.444. The molecule has 76 valence electrons. The van der Waals surface area contributed by atoms with Gasteiger partial charge in [-0.15, -0.1) is 0 Å². The number of hydrogen-bond acceptors (Lipinski definition) is 2. The minimum Gasteiger partial charge on any atom is -0.381 e. The lowest BCUT2D eigenvalue weighted by atomic mass is 9.88. The summed E-state index contributed by atoms with van der Waals surface area (Å²) in [7, 11) is 0. The smallest absolute Gasteiger partial charge is 0.252 e. The van der Waals surface area contributed by atoms with E-state index < -0.39 is 5.92 Å². The average molecular weight is 219 g/mol. The number of rotatable bonds is 2. The van der Waals surface area contributed by atoms with Crippen LogP contribution in [0.1, 0.15) is 12.8 Å². The summed E-state index contributed by atoms with van der Waals surface area (Å²) in [6.45, 7) is 0. The van der Waals surface area contributed by atoms with Crippen LogP contribution in [0.2, 0.25) is 5.15 Å². The number of aromatic nitrogens is 1. The quantitative estimate of drug-likeness (QED) is 0.772. The van der Waals surface area contributed by atoms with Crippen molar-refractivity contribution >= 4 is 17.3 Å². The zero-order valence-electron chi connectivity index (χ0n) is 7.30. The van der Waals surface area contributed by atoms with E-state index in [0.717, 1.165) is 5.69 Å². The van der Waals surface area contributed by atoms with Crippen LogP contribution >= 0.6 is 11.6 Å². The molecule has 0 aliphatic heterocycles. The van der Waals surface area contributed by atoms with Crippen molar-refractivity contribution in [2.45, 2.75) is 24.8 Å². The molecule has 0 bridgehead atoms. The molecule has 0 aromatic carbocycles. The second-order valence-corrected chi connectivity index (χ2v) is 3.86. The van der Waals surface area contributed by atoms with E-state index >= 15 is 0 Å². The lowest BCUT2D eigenvalue weighted by molar-refractivity contribution is -0.0793. The molecular weight excluding hydrogens is 210 g/mol. The Morgan fingerprint density at radius 2 is 2.14 bits per heavy atom. The van der Waals surface area contributed by atoms with Gasteiger partial charge in [0.15, 0.2) is 0 Å². The maximum absolute atomic E-state index is 12.5. The second kappa shape index (κ2) is 3.35. The first-order valence-corrected chi connectivity index (χ1v) is 4.69. The molecule has 1 N–H and O–H groups in total. The minimum absolute atomic E-state index is 0.102. The standard InChI is InChI=1S/C9H9ClF2N2/c10-8-2-1-6(5-13-8)14-7-3-9(11,12)4-7/h1-2,5,7,14H,3-4H2. The number of anilines is 1. The van der Waals surface area contributed by atoms with Crippen LogP contribution in [0.4, 0.5) is 14.5 Å². The third-order valence-electron chi connectivity index (χ3n) is 2.19. The van der Waals surface area contributed by atoms with Crippen molar-refractivity contribution < 1.29 is 8.78 Å². The van der Waals surface area contributed by atoms with Crippen molar-refractivity contribution in [3.05, 3.63) is 23.5 Å². The van der Waals surface area contributed by atoms with E-state index in [1.165, 1.54) is 0 Å². The van der Waals surface area contributed by atoms with Crippen LogP contribution in [0.25, 0.3) is 0 Å². The number of nitrogens with one attached hydrogen (secondary N) is 1. The van der Waals surface area contributed by atoms with E-state index in [1.807, 2.05) is 0 Å². The largest absolute Gasteiger partial charge is 0.381 e. The van der Waals surface area contributed by atoms with E-state index in [9.17, 15) is 8.78 Å². The lowest BCUT2D eigenvalue weighted by Gasteiger charge is -2.35. The molecule has 0 saturated heterocycles. The SMILES string of the molecule is FC1(F)CC(Nc2ccc(Cl)nc2)C1. The van der Waals surface area contributed by atoms with Crippen molar-refractivity contribution in [1.29, 1.82) is 0 Å². The van der Waals surface area contributed by atoms with Crippen molar-refractivity contribution in [2.24, 2.45) is 0 Å². The highest BCUT2D eigenvalue weighted by Gasteiger charge is 2.45. The third kappa shape index (κ3) is 2.12. The number of hydrogen-bond donors (Lipinski definition) is 1. The van der Waals surface area contributed by atoms with E-state index in [2.05, 4.69) is 10.3 Å². The van der Waals surface area contributed by atoms with Gasteiger partial charge in [0, 0.05) is 18.9 Å². The topological polar surface area (TPSA) is 24.9 Å². The van der Waals surface area contributed by atoms with Crippen LogP contribution < -0.4 is 5.32 Å². The van der Waals surface area contributed by atoms with Gasteiger partial charge in [0.2, 0.25) is 0 Å². The van der Waals surface area contributed by atoms with Crippen molar-refractivity contribution in [3.8, 4) is 0 Å². The molecule has 2 nitrogen and oxygen atoms in total.